The molecule has 0 saturated carbocycles. The lowest BCUT2D eigenvalue weighted by molar-refractivity contribution is -0.140. The molecule has 0 heterocycles. The predicted molar refractivity (Wildman–Crippen MR) is 59.8 cm³/mol. The van der Waals surface area contributed by atoms with Gasteiger partial charge in [-0.25, -0.2) is 0 Å². The molecule has 15 heavy (non-hydrogen) atoms. The minimum absolute atomic E-state index is 0.255. The Morgan fingerprint density at radius 3 is 2.87 bits per heavy atom. The zero-order chi connectivity index (χ0) is 11.1. The first kappa shape index (κ1) is 12.0. The van der Waals surface area contributed by atoms with Crippen molar-refractivity contribution in [1.82, 2.24) is 5.32 Å². The topological polar surface area (TPSA) is 38.3 Å². The minimum atomic E-state index is -0.255. The van der Waals surface area contributed by atoms with Gasteiger partial charge in [0.05, 0.1) is 0 Å². The zero-order valence-electron chi connectivity index (χ0n) is 8.63. The SMILES string of the molecule is CC(=O)OCCNCc1ccccc1Cl. The standard InChI is InChI=1S/C11H14ClNO2/c1-9(14)15-7-6-13-8-10-4-2-3-5-11(10)12/h2-5,13H,6-8H2,1H3. The van der Waals surface area contributed by atoms with Crippen LogP contribution in [0.2, 0.25) is 5.02 Å². The summed E-state index contributed by atoms with van der Waals surface area (Å²) < 4.78 is 4.78. The molecule has 0 amide bonds. The van der Waals surface area contributed by atoms with Crippen molar-refractivity contribution >= 4 is 17.6 Å². The molecule has 0 radical (unpaired) electrons. The lowest BCUT2D eigenvalue weighted by Gasteiger charge is -2.06. The van der Waals surface area contributed by atoms with Crippen molar-refractivity contribution in [3.8, 4) is 0 Å². The molecule has 0 saturated heterocycles. The van der Waals surface area contributed by atoms with Gasteiger partial charge in [0.1, 0.15) is 6.61 Å². The first-order chi connectivity index (χ1) is 7.20. The van der Waals surface area contributed by atoms with Crippen LogP contribution in [0, 0.1) is 0 Å². The van der Waals surface area contributed by atoms with Crippen molar-refractivity contribution in [2.24, 2.45) is 0 Å². The van der Waals surface area contributed by atoms with Crippen molar-refractivity contribution in [1.29, 1.82) is 0 Å². The summed E-state index contributed by atoms with van der Waals surface area (Å²) in [7, 11) is 0. The van der Waals surface area contributed by atoms with Crippen molar-refractivity contribution in [3.63, 3.8) is 0 Å². The minimum Gasteiger partial charge on any atom is -0.465 e. The summed E-state index contributed by atoms with van der Waals surface area (Å²) in [6.45, 7) is 3.10. The van der Waals surface area contributed by atoms with Crippen LogP contribution in [-0.4, -0.2) is 19.1 Å². The van der Waals surface area contributed by atoms with Crippen LogP contribution >= 0.6 is 11.6 Å². The zero-order valence-corrected chi connectivity index (χ0v) is 9.38. The fraction of sp³-hybridized carbons (Fsp3) is 0.364. The van der Waals surface area contributed by atoms with Crippen LogP contribution in [0.25, 0.3) is 0 Å². The summed E-state index contributed by atoms with van der Waals surface area (Å²) >= 11 is 5.96. The molecule has 1 aromatic rings. The summed E-state index contributed by atoms with van der Waals surface area (Å²) in [5.74, 6) is -0.255. The molecular formula is C11H14ClNO2. The molecule has 3 nitrogen and oxygen atoms in total. The number of hydrogen-bond donors (Lipinski definition) is 1. The second-order valence-electron chi connectivity index (χ2n) is 3.11. The molecule has 0 bridgehead atoms. The second-order valence-corrected chi connectivity index (χ2v) is 3.52. The van der Waals surface area contributed by atoms with Crippen LogP contribution in [0.3, 0.4) is 0 Å². The summed E-state index contributed by atoms with van der Waals surface area (Å²) in [6.07, 6.45) is 0. The van der Waals surface area contributed by atoms with Gasteiger partial charge in [-0.05, 0) is 11.6 Å². The van der Waals surface area contributed by atoms with E-state index in [0.717, 1.165) is 10.6 Å². The molecule has 0 atom stereocenters. The Morgan fingerprint density at radius 1 is 1.47 bits per heavy atom. The van der Waals surface area contributed by atoms with Gasteiger partial charge in [-0.1, -0.05) is 29.8 Å². The average molecular weight is 228 g/mol. The first-order valence-electron chi connectivity index (χ1n) is 4.77. The fourth-order valence-corrected chi connectivity index (χ4v) is 1.33. The highest BCUT2D eigenvalue weighted by Gasteiger charge is 1.98. The van der Waals surface area contributed by atoms with E-state index in [1.165, 1.54) is 6.92 Å². The Balaban J connectivity index is 2.21. The highest BCUT2D eigenvalue weighted by Crippen LogP contribution is 2.13. The maximum absolute atomic E-state index is 10.5. The molecule has 1 aromatic carbocycles. The Kier molecular flexibility index (Phi) is 5.15. The van der Waals surface area contributed by atoms with E-state index < -0.39 is 0 Å². The molecule has 0 spiro atoms. The van der Waals surface area contributed by atoms with Crippen molar-refractivity contribution in [3.05, 3.63) is 34.9 Å². The van der Waals surface area contributed by atoms with E-state index in [9.17, 15) is 4.79 Å². The number of hydrogen-bond acceptors (Lipinski definition) is 3. The number of halogens is 1. The Hall–Kier alpha value is -1.06. The van der Waals surface area contributed by atoms with E-state index in [-0.39, 0.29) is 5.97 Å². The number of rotatable bonds is 5. The Labute approximate surface area is 94.4 Å². The molecule has 82 valence electrons. The smallest absolute Gasteiger partial charge is 0.302 e. The summed E-state index contributed by atoms with van der Waals surface area (Å²) in [5.41, 5.74) is 1.04. The van der Waals surface area contributed by atoms with Gasteiger partial charge >= 0.3 is 5.97 Å². The van der Waals surface area contributed by atoms with Gasteiger partial charge in [0.2, 0.25) is 0 Å². The number of ether oxygens (including phenoxy) is 1. The molecule has 0 aromatic heterocycles. The van der Waals surface area contributed by atoms with Gasteiger partial charge in [-0.15, -0.1) is 0 Å². The van der Waals surface area contributed by atoms with Gasteiger partial charge in [0.25, 0.3) is 0 Å². The van der Waals surface area contributed by atoms with E-state index >= 15 is 0 Å². The van der Waals surface area contributed by atoms with Crippen LogP contribution in [0.4, 0.5) is 0 Å². The highest BCUT2D eigenvalue weighted by molar-refractivity contribution is 6.31. The Bertz CT molecular complexity index is 328. The second kappa shape index (κ2) is 6.43. The number of esters is 1. The van der Waals surface area contributed by atoms with Crippen molar-refractivity contribution < 1.29 is 9.53 Å². The third kappa shape index (κ3) is 4.81. The summed E-state index contributed by atoms with van der Waals surface area (Å²) in [6, 6.07) is 7.64. The monoisotopic (exact) mass is 227 g/mol. The molecule has 0 aliphatic heterocycles. The maximum Gasteiger partial charge on any atom is 0.302 e. The fourth-order valence-electron chi connectivity index (χ4n) is 1.13. The lowest BCUT2D eigenvalue weighted by Crippen LogP contribution is -2.20. The number of nitrogens with one attached hydrogen (secondary N) is 1. The van der Waals surface area contributed by atoms with Gasteiger partial charge in [-0.3, -0.25) is 4.79 Å². The van der Waals surface area contributed by atoms with Crippen molar-refractivity contribution in [2.45, 2.75) is 13.5 Å². The van der Waals surface area contributed by atoms with Gasteiger partial charge in [-0.2, -0.15) is 0 Å². The van der Waals surface area contributed by atoms with Crippen LogP contribution in [0.15, 0.2) is 24.3 Å². The molecule has 0 unspecified atom stereocenters. The Morgan fingerprint density at radius 2 is 2.20 bits per heavy atom. The van der Waals surface area contributed by atoms with Gasteiger partial charge in [0, 0.05) is 25.0 Å². The van der Waals surface area contributed by atoms with Crippen LogP contribution in [0.5, 0.6) is 0 Å². The third-order valence-corrected chi connectivity index (χ3v) is 2.23. The van der Waals surface area contributed by atoms with E-state index in [2.05, 4.69) is 5.32 Å². The number of benzene rings is 1. The first-order valence-corrected chi connectivity index (χ1v) is 5.15. The maximum atomic E-state index is 10.5. The van der Waals surface area contributed by atoms with E-state index in [1.807, 2.05) is 24.3 Å². The molecule has 4 heteroatoms. The molecular weight excluding hydrogens is 214 g/mol. The molecule has 0 fully saturated rings. The van der Waals surface area contributed by atoms with E-state index in [1.54, 1.807) is 0 Å². The average Bonchev–Trinajstić information content (AvgIpc) is 2.20. The number of carbonyl (C=O) groups is 1. The largest absolute Gasteiger partial charge is 0.465 e. The van der Waals surface area contributed by atoms with E-state index in [4.69, 9.17) is 16.3 Å². The molecule has 0 aliphatic carbocycles. The van der Waals surface area contributed by atoms with E-state index in [0.29, 0.717) is 19.7 Å². The third-order valence-electron chi connectivity index (χ3n) is 1.86. The number of carbonyl (C=O) groups excluding carboxylic acids is 1. The summed E-state index contributed by atoms with van der Waals surface area (Å²) in [5, 5.41) is 3.88. The van der Waals surface area contributed by atoms with Crippen LogP contribution in [0.1, 0.15) is 12.5 Å². The normalized spacial score (nSPS) is 10.0. The molecule has 1 rings (SSSR count). The molecule has 0 aliphatic rings. The lowest BCUT2D eigenvalue weighted by atomic mass is 10.2. The predicted octanol–water partition coefficient (Wildman–Crippen LogP) is 1.99. The quantitative estimate of drug-likeness (QED) is 0.618. The summed E-state index contributed by atoms with van der Waals surface area (Å²) in [4.78, 5) is 10.5. The van der Waals surface area contributed by atoms with Crippen molar-refractivity contribution in [2.75, 3.05) is 13.2 Å². The van der Waals surface area contributed by atoms with Gasteiger partial charge in [0.15, 0.2) is 0 Å². The molecule has 1 N–H and O–H groups in total. The van der Waals surface area contributed by atoms with Crippen LogP contribution in [-0.2, 0) is 16.1 Å². The highest BCUT2D eigenvalue weighted by atomic mass is 35.5. The van der Waals surface area contributed by atoms with Crippen LogP contribution < -0.4 is 5.32 Å². The van der Waals surface area contributed by atoms with Gasteiger partial charge < -0.3 is 10.1 Å².